The van der Waals surface area contributed by atoms with E-state index in [-0.39, 0.29) is 11.7 Å². The third-order valence-electron chi connectivity index (χ3n) is 4.51. The van der Waals surface area contributed by atoms with Crippen molar-refractivity contribution in [2.45, 2.75) is 23.5 Å². The van der Waals surface area contributed by atoms with Gasteiger partial charge in [-0.3, -0.25) is 4.79 Å². The van der Waals surface area contributed by atoms with E-state index in [0.717, 1.165) is 16.0 Å². The van der Waals surface area contributed by atoms with E-state index in [1.54, 1.807) is 28.9 Å². The summed E-state index contributed by atoms with van der Waals surface area (Å²) in [4.78, 5) is 18.0. The lowest BCUT2D eigenvalue weighted by Gasteiger charge is -2.11. The fourth-order valence-electron chi connectivity index (χ4n) is 2.90. The van der Waals surface area contributed by atoms with Crippen LogP contribution >= 0.6 is 27.7 Å². The van der Waals surface area contributed by atoms with Crippen LogP contribution in [0.15, 0.2) is 87.6 Å². The molecule has 31 heavy (non-hydrogen) atoms. The maximum absolute atomic E-state index is 13.2. The van der Waals surface area contributed by atoms with Crippen molar-refractivity contribution >= 4 is 39.3 Å². The fraction of sp³-hybridized carbons (Fsp3) is 0.0870. The van der Waals surface area contributed by atoms with Gasteiger partial charge >= 0.3 is 0 Å². The quantitative estimate of drug-likeness (QED) is 0.358. The molecule has 0 saturated carbocycles. The van der Waals surface area contributed by atoms with Gasteiger partial charge in [0.1, 0.15) is 5.82 Å². The normalized spacial score (nSPS) is 10.8. The Balaban J connectivity index is 1.56. The van der Waals surface area contributed by atoms with E-state index in [9.17, 15) is 9.18 Å². The van der Waals surface area contributed by atoms with E-state index in [0.29, 0.717) is 27.7 Å². The molecule has 4 aromatic rings. The zero-order valence-corrected chi connectivity index (χ0v) is 19.0. The molecule has 4 rings (SSSR count). The minimum absolute atomic E-state index is 0.179. The minimum atomic E-state index is -0.281. The van der Waals surface area contributed by atoms with Gasteiger partial charge in [0.15, 0.2) is 5.16 Å². The first-order chi connectivity index (χ1) is 15.0. The Morgan fingerprint density at radius 1 is 1.06 bits per heavy atom. The molecule has 5 nitrogen and oxygen atoms in total. The number of aromatic nitrogens is 3. The molecule has 3 aromatic carbocycles. The fourth-order valence-corrected chi connectivity index (χ4v) is 4.29. The smallest absolute Gasteiger partial charge is 0.255 e. The summed E-state index contributed by atoms with van der Waals surface area (Å²) in [7, 11) is 0. The molecule has 1 aromatic heterocycles. The van der Waals surface area contributed by atoms with E-state index in [2.05, 4.69) is 31.3 Å². The van der Waals surface area contributed by atoms with E-state index in [4.69, 9.17) is 0 Å². The van der Waals surface area contributed by atoms with Crippen LogP contribution < -0.4 is 5.32 Å². The Bertz CT molecular complexity index is 1210. The third kappa shape index (κ3) is 5.39. The predicted molar refractivity (Wildman–Crippen MR) is 123 cm³/mol. The molecule has 0 aliphatic heterocycles. The Kier molecular flexibility index (Phi) is 6.48. The summed E-state index contributed by atoms with van der Waals surface area (Å²) in [6.07, 6.45) is 0. The molecular weight excluding hydrogens is 479 g/mol. The van der Waals surface area contributed by atoms with E-state index >= 15 is 0 Å². The van der Waals surface area contributed by atoms with Crippen LogP contribution in [0.5, 0.6) is 0 Å². The summed E-state index contributed by atoms with van der Waals surface area (Å²) in [5, 5.41) is 8.02. The molecular formula is C23H18BrFN4OS. The first-order valence-corrected chi connectivity index (χ1v) is 11.1. The Morgan fingerprint density at radius 2 is 1.77 bits per heavy atom. The van der Waals surface area contributed by atoms with Crippen molar-refractivity contribution in [3.05, 3.63) is 100 Å². The number of halogens is 2. The molecule has 0 spiro atoms. The second-order valence-electron chi connectivity index (χ2n) is 6.87. The first kappa shape index (κ1) is 21.3. The first-order valence-electron chi connectivity index (χ1n) is 9.47. The zero-order chi connectivity index (χ0) is 21.8. The Hall–Kier alpha value is -2.97. The number of rotatable bonds is 6. The summed E-state index contributed by atoms with van der Waals surface area (Å²) < 4.78 is 15.4. The van der Waals surface area contributed by atoms with Gasteiger partial charge in [0.25, 0.3) is 5.91 Å². The lowest BCUT2D eigenvalue weighted by molar-refractivity contribution is 0.102. The summed E-state index contributed by atoms with van der Waals surface area (Å²) in [6, 6.07) is 21.2. The van der Waals surface area contributed by atoms with E-state index in [1.165, 1.54) is 23.9 Å². The molecule has 0 aliphatic rings. The number of nitrogens with zero attached hydrogens (tertiary/aromatic N) is 3. The third-order valence-corrected chi connectivity index (χ3v) is 5.90. The lowest BCUT2D eigenvalue weighted by Crippen LogP contribution is -2.12. The number of anilines is 1. The summed E-state index contributed by atoms with van der Waals surface area (Å²) >= 11 is 4.72. The molecule has 0 bridgehead atoms. The highest BCUT2D eigenvalue weighted by Gasteiger charge is 2.15. The van der Waals surface area contributed by atoms with Gasteiger partial charge in [-0.2, -0.15) is 4.98 Å². The maximum Gasteiger partial charge on any atom is 0.255 e. The highest BCUT2D eigenvalue weighted by Crippen LogP contribution is 2.33. The van der Waals surface area contributed by atoms with Gasteiger partial charge in [0.2, 0.25) is 4.73 Å². The van der Waals surface area contributed by atoms with Gasteiger partial charge in [-0.1, -0.05) is 42.0 Å². The van der Waals surface area contributed by atoms with Crippen LogP contribution in [0.1, 0.15) is 21.5 Å². The van der Waals surface area contributed by atoms with Crippen LogP contribution in [-0.2, 0) is 6.54 Å². The number of para-hydroxylation sites is 1. The van der Waals surface area contributed by atoms with Gasteiger partial charge in [-0.05, 0) is 76.6 Å². The number of carbonyl (C=O) groups is 1. The molecule has 0 aliphatic carbocycles. The number of aryl methyl sites for hydroxylation is 1. The maximum atomic E-state index is 13.2. The second-order valence-corrected chi connectivity index (χ2v) is 8.58. The van der Waals surface area contributed by atoms with E-state index in [1.807, 2.05) is 43.3 Å². The average Bonchev–Trinajstić information content (AvgIpc) is 3.10. The number of carbonyl (C=O) groups excluding carboxylic acids is 1. The summed E-state index contributed by atoms with van der Waals surface area (Å²) in [5.74, 6) is -0.460. The summed E-state index contributed by atoms with van der Waals surface area (Å²) in [6.45, 7) is 2.42. The Morgan fingerprint density at radius 3 is 2.52 bits per heavy atom. The number of hydrogen-bond donors (Lipinski definition) is 1. The Labute approximate surface area is 191 Å². The van der Waals surface area contributed by atoms with Crippen molar-refractivity contribution < 1.29 is 9.18 Å². The van der Waals surface area contributed by atoms with Gasteiger partial charge in [0.05, 0.1) is 12.2 Å². The topological polar surface area (TPSA) is 59.8 Å². The highest BCUT2D eigenvalue weighted by molar-refractivity contribution is 9.10. The van der Waals surface area contributed by atoms with E-state index < -0.39 is 0 Å². The predicted octanol–water partition coefficient (Wildman–Crippen LogP) is 5.94. The lowest BCUT2D eigenvalue weighted by atomic mass is 10.1. The molecule has 1 amide bonds. The SMILES string of the molecule is Cc1ccc(C(=O)Nc2ccccc2Sc2nc(Br)nn2Cc2ccc(F)cc2)cc1. The average molecular weight is 497 g/mol. The second kappa shape index (κ2) is 9.45. The summed E-state index contributed by atoms with van der Waals surface area (Å²) in [5.41, 5.74) is 3.28. The molecule has 156 valence electrons. The van der Waals surface area contributed by atoms with Gasteiger partial charge < -0.3 is 5.32 Å². The molecule has 0 unspecified atom stereocenters. The molecule has 8 heteroatoms. The van der Waals surface area contributed by atoms with Crippen LogP contribution in [0.25, 0.3) is 0 Å². The van der Waals surface area contributed by atoms with Crippen LogP contribution in [0.4, 0.5) is 10.1 Å². The standard InChI is InChI=1S/C23H18BrFN4OS/c1-15-6-10-17(11-7-15)21(30)26-19-4-2-3-5-20(19)31-23-27-22(24)28-29(23)14-16-8-12-18(25)13-9-16/h2-13H,14H2,1H3,(H,26,30). The van der Waals surface area contributed by atoms with Crippen molar-refractivity contribution in [1.82, 2.24) is 14.8 Å². The van der Waals surface area contributed by atoms with Crippen molar-refractivity contribution in [1.29, 1.82) is 0 Å². The van der Waals surface area contributed by atoms with Crippen molar-refractivity contribution in [2.24, 2.45) is 0 Å². The highest BCUT2D eigenvalue weighted by atomic mass is 79.9. The number of hydrogen-bond acceptors (Lipinski definition) is 4. The van der Waals surface area contributed by atoms with Crippen LogP contribution in [0.3, 0.4) is 0 Å². The largest absolute Gasteiger partial charge is 0.321 e. The van der Waals surface area contributed by atoms with Crippen LogP contribution in [0, 0.1) is 12.7 Å². The molecule has 1 N–H and O–H groups in total. The molecule has 0 saturated heterocycles. The molecule has 1 heterocycles. The van der Waals surface area contributed by atoms with Crippen LogP contribution in [0.2, 0.25) is 0 Å². The monoisotopic (exact) mass is 496 g/mol. The number of nitrogens with one attached hydrogen (secondary N) is 1. The van der Waals surface area contributed by atoms with Crippen molar-refractivity contribution in [3.63, 3.8) is 0 Å². The van der Waals surface area contributed by atoms with Crippen molar-refractivity contribution in [2.75, 3.05) is 5.32 Å². The molecule has 0 fully saturated rings. The van der Waals surface area contributed by atoms with Gasteiger partial charge in [-0.15, -0.1) is 5.10 Å². The minimum Gasteiger partial charge on any atom is -0.321 e. The molecule has 0 radical (unpaired) electrons. The van der Waals surface area contributed by atoms with Crippen molar-refractivity contribution in [3.8, 4) is 0 Å². The van der Waals surface area contributed by atoms with Gasteiger partial charge in [-0.25, -0.2) is 9.07 Å². The van der Waals surface area contributed by atoms with Gasteiger partial charge in [0, 0.05) is 10.5 Å². The number of amides is 1. The van der Waals surface area contributed by atoms with Crippen LogP contribution in [-0.4, -0.2) is 20.7 Å². The zero-order valence-electron chi connectivity index (χ0n) is 16.5. The molecule has 0 atom stereocenters. The number of benzene rings is 3.